The molecule has 5 heterocycles. The van der Waals surface area contributed by atoms with Crippen molar-refractivity contribution in [3.63, 3.8) is 0 Å². The molecule has 9 heteroatoms. The van der Waals surface area contributed by atoms with Gasteiger partial charge in [0.15, 0.2) is 5.82 Å². The van der Waals surface area contributed by atoms with E-state index in [2.05, 4.69) is 27.4 Å². The first kappa shape index (κ1) is 19.0. The Morgan fingerprint density at radius 1 is 1.33 bits per heavy atom. The number of pyridine rings is 1. The van der Waals surface area contributed by atoms with Gasteiger partial charge in [0.05, 0.1) is 30.0 Å². The number of fused-ring (bicyclic) bond motifs is 2. The Hall–Kier alpha value is -2.94. The van der Waals surface area contributed by atoms with Gasteiger partial charge < -0.3 is 24.5 Å². The fraction of sp³-hybridized carbons (Fsp3) is 0.524. The highest BCUT2D eigenvalue weighted by molar-refractivity contribution is 6.04. The van der Waals surface area contributed by atoms with Crippen molar-refractivity contribution in [1.82, 2.24) is 19.9 Å². The summed E-state index contributed by atoms with van der Waals surface area (Å²) in [4.78, 5) is 36.3. The normalized spacial score (nSPS) is 23.5. The summed E-state index contributed by atoms with van der Waals surface area (Å²) in [5, 5.41) is 7.04. The van der Waals surface area contributed by atoms with Crippen molar-refractivity contribution < 1.29 is 14.1 Å². The third kappa shape index (κ3) is 3.04. The zero-order chi connectivity index (χ0) is 21.0. The van der Waals surface area contributed by atoms with Crippen LogP contribution in [0.3, 0.4) is 0 Å². The summed E-state index contributed by atoms with van der Waals surface area (Å²) in [7, 11) is 2.13. The van der Waals surface area contributed by atoms with Gasteiger partial charge in [-0.15, -0.1) is 0 Å². The number of carbonyl (C=O) groups excluding carboxylic acids is 2. The zero-order valence-electron chi connectivity index (χ0n) is 17.5. The minimum Gasteiger partial charge on any atom is -0.361 e. The minimum atomic E-state index is -0.0776. The van der Waals surface area contributed by atoms with Crippen LogP contribution in [0, 0.1) is 19.8 Å². The van der Waals surface area contributed by atoms with Gasteiger partial charge in [0, 0.05) is 30.9 Å². The van der Waals surface area contributed by atoms with Crippen LogP contribution in [0.4, 0.5) is 11.5 Å². The first-order valence-electron chi connectivity index (χ1n) is 10.4. The number of likely N-dealkylation sites (N-methyl/N-ethyl adjacent to an activating group) is 1. The Labute approximate surface area is 175 Å². The number of amides is 2. The van der Waals surface area contributed by atoms with E-state index >= 15 is 0 Å². The minimum absolute atomic E-state index is 0.0246. The number of aromatic nitrogens is 2. The Morgan fingerprint density at radius 3 is 2.90 bits per heavy atom. The lowest BCUT2D eigenvalue weighted by Gasteiger charge is -2.30. The molecule has 2 atom stereocenters. The summed E-state index contributed by atoms with van der Waals surface area (Å²) in [6, 6.07) is 2.23. The monoisotopic (exact) mass is 410 g/mol. The Balaban J connectivity index is 1.42. The highest BCUT2D eigenvalue weighted by Gasteiger charge is 2.41. The molecule has 3 aliphatic rings. The molecule has 5 rings (SSSR count). The molecule has 2 fully saturated rings. The number of hydrogen-bond acceptors (Lipinski definition) is 7. The number of carbonyl (C=O) groups is 2. The molecule has 0 unspecified atom stereocenters. The smallest absolute Gasteiger partial charge is 0.255 e. The van der Waals surface area contributed by atoms with Gasteiger partial charge in [0.2, 0.25) is 5.91 Å². The van der Waals surface area contributed by atoms with Crippen LogP contribution in [0.2, 0.25) is 0 Å². The molecule has 0 aromatic carbocycles. The number of anilines is 2. The van der Waals surface area contributed by atoms with E-state index in [-0.39, 0.29) is 18.4 Å². The molecular weight excluding hydrogens is 384 g/mol. The maximum Gasteiger partial charge on any atom is 0.255 e. The fourth-order valence-corrected chi connectivity index (χ4v) is 4.88. The fourth-order valence-electron chi connectivity index (χ4n) is 4.88. The van der Waals surface area contributed by atoms with Crippen LogP contribution in [0.15, 0.2) is 16.8 Å². The van der Waals surface area contributed by atoms with Crippen molar-refractivity contribution in [2.45, 2.75) is 32.9 Å². The van der Waals surface area contributed by atoms with Crippen molar-refractivity contribution in [3.05, 3.63) is 34.8 Å². The molecule has 0 aliphatic carbocycles. The zero-order valence-corrected chi connectivity index (χ0v) is 17.5. The maximum absolute atomic E-state index is 13.2. The summed E-state index contributed by atoms with van der Waals surface area (Å²) in [6.07, 6.45) is 2.74. The van der Waals surface area contributed by atoms with Crippen LogP contribution < -0.4 is 10.2 Å². The van der Waals surface area contributed by atoms with E-state index in [0.717, 1.165) is 37.3 Å². The third-order valence-corrected chi connectivity index (χ3v) is 6.72. The quantitative estimate of drug-likeness (QED) is 0.818. The summed E-state index contributed by atoms with van der Waals surface area (Å²) in [6.45, 7) is 6.83. The molecule has 9 nitrogen and oxygen atoms in total. The summed E-state index contributed by atoms with van der Waals surface area (Å²) in [5.41, 5.74) is 2.77. The number of rotatable bonds is 3. The second-order valence-corrected chi connectivity index (χ2v) is 8.53. The lowest BCUT2D eigenvalue weighted by molar-refractivity contribution is -0.117. The maximum atomic E-state index is 13.2. The van der Waals surface area contributed by atoms with Crippen LogP contribution >= 0.6 is 0 Å². The number of likely N-dealkylation sites (tertiary alicyclic amines) is 2. The van der Waals surface area contributed by atoms with Crippen molar-refractivity contribution >= 4 is 23.3 Å². The predicted octanol–water partition coefficient (Wildman–Crippen LogP) is 1.42. The third-order valence-electron chi connectivity index (χ3n) is 6.72. The molecule has 0 spiro atoms. The first-order chi connectivity index (χ1) is 14.4. The van der Waals surface area contributed by atoms with E-state index in [1.54, 1.807) is 17.2 Å². The molecule has 2 amide bonds. The van der Waals surface area contributed by atoms with Crippen molar-refractivity contribution in [2.75, 3.05) is 43.4 Å². The number of aryl methyl sites for hydroxylation is 2. The Kier molecular flexibility index (Phi) is 4.50. The average Bonchev–Trinajstić information content (AvgIpc) is 3.41. The molecule has 0 bridgehead atoms. The van der Waals surface area contributed by atoms with Gasteiger partial charge in [-0.3, -0.25) is 9.59 Å². The van der Waals surface area contributed by atoms with E-state index in [1.165, 1.54) is 0 Å². The van der Waals surface area contributed by atoms with Crippen LogP contribution in [0.5, 0.6) is 0 Å². The number of nitrogens with zero attached hydrogens (tertiary/aromatic N) is 5. The summed E-state index contributed by atoms with van der Waals surface area (Å²) >= 11 is 0. The predicted molar refractivity (Wildman–Crippen MR) is 110 cm³/mol. The Morgan fingerprint density at radius 2 is 2.17 bits per heavy atom. The topological polar surface area (TPSA) is 94.8 Å². The highest BCUT2D eigenvalue weighted by Crippen LogP contribution is 2.34. The summed E-state index contributed by atoms with van der Waals surface area (Å²) in [5.74, 6) is 1.74. The lowest BCUT2D eigenvalue weighted by atomic mass is 10.1. The second-order valence-electron chi connectivity index (χ2n) is 8.53. The molecule has 2 aromatic rings. The molecule has 3 aliphatic heterocycles. The SMILES string of the molecule is Cc1noc(C)c1CN1C(=O)CNc2ncc(C(=O)N3C[C@@H]4CCN(C)[C@@H]4C3)cc21. The van der Waals surface area contributed by atoms with Gasteiger partial charge in [-0.1, -0.05) is 5.16 Å². The van der Waals surface area contributed by atoms with E-state index in [9.17, 15) is 9.59 Å². The van der Waals surface area contributed by atoms with Crippen LogP contribution in [-0.2, 0) is 11.3 Å². The van der Waals surface area contributed by atoms with Gasteiger partial charge in [0.25, 0.3) is 5.91 Å². The molecule has 0 saturated carbocycles. The van der Waals surface area contributed by atoms with Gasteiger partial charge >= 0.3 is 0 Å². The van der Waals surface area contributed by atoms with Gasteiger partial charge in [0.1, 0.15) is 5.76 Å². The largest absolute Gasteiger partial charge is 0.361 e. The van der Waals surface area contributed by atoms with Gasteiger partial charge in [-0.05, 0) is 45.8 Å². The van der Waals surface area contributed by atoms with E-state index in [4.69, 9.17) is 4.52 Å². The van der Waals surface area contributed by atoms with E-state index in [1.807, 2.05) is 18.7 Å². The first-order valence-corrected chi connectivity index (χ1v) is 10.4. The van der Waals surface area contributed by atoms with E-state index < -0.39 is 0 Å². The Bertz CT molecular complexity index is 999. The van der Waals surface area contributed by atoms with Gasteiger partial charge in [-0.25, -0.2) is 4.98 Å². The van der Waals surface area contributed by atoms with E-state index in [0.29, 0.717) is 41.3 Å². The molecule has 2 saturated heterocycles. The lowest BCUT2D eigenvalue weighted by Crippen LogP contribution is -2.40. The van der Waals surface area contributed by atoms with Crippen molar-refractivity contribution in [3.8, 4) is 0 Å². The molecular formula is C21H26N6O3. The molecule has 2 aromatic heterocycles. The summed E-state index contributed by atoms with van der Waals surface area (Å²) < 4.78 is 5.25. The molecule has 1 N–H and O–H groups in total. The van der Waals surface area contributed by atoms with Crippen LogP contribution in [-0.4, -0.2) is 71.0 Å². The molecule has 30 heavy (non-hydrogen) atoms. The molecule has 158 valence electrons. The van der Waals surface area contributed by atoms with Crippen molar-refractivity contribution in [1.29, 1.82) is 0 Å². The van der Waals surface area contributed by atoms with Crippen LogP contribution in [0.1, 0.15) is 33.8 Å². The van der Waals surface area contributed by atoms with Gasteiger partial charge in [-0.2, -0.15) is 0 Å². The molecule has 0 radical (unpaired) electrons. The number of nitrogens with one attached hydrogen (secondary N) is 1. The number of hydrogen-bond donors (Lipinski definition) is 1. The second kappa shape index (κ2) is 7.09. The average molecular weight is 410 g/mol. The highest BCUT2D eigenvalue weighted by atomic mass is 16.5. The standard InChI is InChI=1S/C21H26N6O3/c1-12-16(13(2)30-24-12)10-27-17-6-15(7-22-20(17)23-8-19(27)28)21(29)26-9-14-4-5-25(3)18(14)11-26/h6-7,14,18H,4-5,8-11H2,1-3H3,(H,22,23)/t14-,18+/m0/s1. The van der Waals surface area contributed by atoms with Crippen LogP contribution in [0.25, 0.3) is 0 Å². The van der Waals surface area contributed by atoms with Crippen molar-refractivity contribution in [2.24, 2.45) is 5.92 Å².